The Morgan fingerprint density at radius 1 is 1.33 bits per heavy atom. The molecule has 112 valence electrons. The molecule has 5 heteroatoms. The Kier molecular flexibility index (Phi) is 3.84. The molecule has 0 unspecified atom stereocenters. The number of likely N-dealkylation sites (N-methyl/N-ethyl adjacent to an activating group) is 1. The first-order valence-electron chi connectivity index (χ1n) is 7.28. The highest BCUT2D eigenvalue weighted by Crippen LogP contribution is 2.34. The second-order valence-electron chi connectivity index (χ2n) is 5.32. The van der Waals surface area contributed by atoms with Gasteiger partial charge in [0.05, 0.1) is 19.4 Å². The van der Waals surface area contributed by atoms with Gasteiger partial charge in [-0.05, 0) is 32.2 Å². The van der Waals surface area contributed by atoms with E-state index >= 15 is 0 Å². The average Bonchev–Trinajstić information content (AvgIpc) is 2.91. The summed E-state index contributed by atoms with van der Waals surface area (Å²) in [6, 6.07) is 5.99. The minimum absolute atomic E-state index is 0.623. The van der Waals surface area contributed by atoms with Gasteiger partial charge in [-0.1, -0.05) is 0 Å². The van der Waals surface area contributed by atoms with E-state index in [1.54, 1.807) is 7.11 Å². The van der Waals surface area contributed by atoms with E-state index < -0.39 is 0 Å². The number of rotatable bonds is 4. The van der Waals surface area contributed by atoms with E-state index in [4.69, 9.17) is 9.47 Å². The topological polar surface area (TPSA) is 50.4 Å². The van der Waals surface area contributed by atoms with Gasteiger partial charge < -0.3 is 14.4 Å². The Morgan fingerprint density at radius 3 is 2.95 bits per heavy atom. The number of benzene rings is 1. The van der Waals surface area contributed by atoms with Crippen molar-refractivity contribution in [1.82, 2.24) is 15.1 Å². The summed E-state index contributed by atoms with van der Waals surface area (Å²) >= 11 is 0. The molecule has 1 N–H and O–H groups in total. The van der Waals surface area contributed by atoms with Crippen LogP contribution in [0.15, 0.2) is 18.2 Å². The van der Waals surface area contributed by atoms with E-state index in [1.165, 1.54) is 11.3 Å². The van der Waals surface area contributed by atoms with Crippen LogP contribution in [0.25, 0.3) is 11.3 Å². The third-order valence-electron chi connectivity index (χ3n) is 3.86. The molecule has 0 amide bonds. The molecule has 0 bridgehead atoms. The Labute approximate surface area is 124 Å². The largest absolute Gasteiger partial charge is 0.493 e. The number of aromatic amines is 1. The third-order valence-corrected chi connectivity index (χ3v) is 3.86. The van der Waals surface area contributed by atoms with Crippen LogP contribution < -0.4 is 9.47 Å². The smallest absolute Gasteiger partial charge is 0.161 e. The molecular formula is C16H21N3O2. The first-order chi connectivity index (χ1) is 10.2. The lowest BCUT2D eigenvalue weighted by Crippen LogP contribution is -2.26. The van der Waals surface area contributed by atoms with Gasteiger partial charge in [-0.15, -0.1) is 0 Å². The Balaban J connectivity index is 1.99. The molecule has 5 nitrogen and oxygen atoms in total. The quantitative estimate of drug-likeness (QED) is 0.938. The predicted molar refractivity (Wildman–Crippen MR) is 81.8 cm³/mol. The highest BCUT2D eigenvalue weighted by molar-refractivity contribution is 5.67. The standard InChI is InChI=1S/C16H21N3O2/c1-4-21-14-6-5-11(9-15(14)20-3)16-12-10-19(2)8-7-13(12)17-18-16/h5-6,9H,4,7-8,10H2,1-3H3,(H,17,18). The van der Waals surface area contributed by atoms with Crippen molar-refractivity contribution < 1.29 is 9.47 Å². The number of nitrogens with zero attached hydrogens (tertiary/aromatic N) is 2. The maximum absolute atomic E-state index is 5.57. The molecule has 0 atom stereocenters. The molecule has 0 saturated heterocycles. The number of hydrogen-bond donors (Lipinski definition) is 1. The summed E-state index contributed by atoms with van der Waals surface area (Å²) in [4.78, 5) is 2.31. The second-order valence-corrected chi connectivity index (χ2v) is 5.32. The molecule has 0 saturated carbocycles. The minimum atomic E-state index is 0.623. The average molecular weight is 287 g/mol. The molecule has 0 radical (unpaired) electrons. The lowest BCUT2D eigenvalue weighted by atomic mass is 10.0. The van der Waals surface area contributed by atoms with Crippen molar-refractivity contribution in [3.8, 4) is 22.8 Å². The van der Waals surface area contributed by atoms with Crippen LogP contribution in [0.1, 0.15) is 18.2 Å². The monoisotopic (exact) mass is 287 g/mol. The number of nitrogens with one attached hydrogen (secondary N) is 1. The predicted octanol–water partition coefficient (Wildman–Crippen LogP) is 2.47. The zero-order valence-corrected chi connectivity index (χ0v) is 12.8. The van der Waals surface area contributed by atoms with Crippen LogP contribution in [0.3, 0.4) is 0 Å². The maximum Gasteiger partial charge on any atom is 0.161 e. The molecular weight excluding hydrogens is 266 g/mol. The van der Waals surface area contributed by atoms with Gasteiger partial charge in [0.2, 0.25) is 0 Å². The summed E-state index contributed by atoms with van der Waals surface area (Å²) < 4.78 is 11.0. The second kappa shape index (κ2) is 5.77. The summed E-state index contributed by atoms with van der Waals surface area (Å²) in [5.41, 5.74) is 4.60. The van der Waals surface area contributed by atoms with Crippen molar-refractivity contribution in [2.24, 2.45) is 0 Å². The summed E-state index contributed by atoms with van der Waals surface area (Å²) in [6.07, 6.45) is 1.02. The fourth-order valence-corrected chi connectivity index (χ4v) is 2.76. The number of fused-ring (bicyclic) bond motifs is 1. The zero-order valence-electron chi connectivity index (χ0n) is 12.8. The van der Waals surface area contributed by atoms with Crippen molar-refractivity contribution in [3.63, 3.8) is 0 Å². The van der Waals surface area contributed by atoms with Crippen molar-refractivity contribution in [2.75, 3.05) is 27.3 Å². The van der Waals surface area contributed by atoms with Gasteiger partial charge in [-0.3, -0.25) is 5.10 Å². The van der Waals surface area contributed by atoms with Gasteiger partial charge in [0.25, 0.3) is 0 Å². The van der Waals surface area contributed by atoms with Crippen LogP contribution >= 0.6 is 0 Å². The van der Waals surface area contributed by atoms with Crippen LogP contribution in [0.2, 0.25) is 0 Å². The summed E-state index contributed by atoms with van der Waals surface area (Å²) in [6.45, 7) is 4.59. The van der Waals surface area contributed by atoms with E-state index in [0.717, 1.165) is 42.3 Å². The van der Waals surface area contributed by atoms with Crippen LogP contribution in [0.5, 0.6) is 11.5 Å². The fourth-order valence-electron chi connectivity index (χ4n) is 2.76. The first kappa shape index (κ1) is 13.9. The normalized spacial score (nSPS) is 14.8. The Morgan fingerprint density at radius 2 is 2.19 bits per heavy atom. The van der Waals surface area contributed by atoms with Gasteiger partial charge in [-0.2, -0.15) is 5.10 Å². The van der Waals surface area contributed by atoms with Crippen molar-refractivity contribution in [1.29, 1.82) is 0 Å². The number of H-pyrrole nitrogens is 1. The van der Waals surface area contributed by atoms with Crippen LogP contribution in [-0.4, -0.2) is 42.4 Å². The molecule has 2 aromatic rings. The SMILES string of the molecule is CCOc1ccc(-c2n[nH]c3c2CN(C)CC3)cc1OC. The first-order valence-corrected chi connectivity index (χ1v) is 7.28. The Hall–Kier alpha value is -2.01. The minimum Gasteiger partial charge on any atom is -0.493 e. The summed E-state index contributed by atoms with van der Waals surface area (Å²) in [5.74, 6) is 1.51. The molecule has 21 heavy (non-hydrogen) atoms. The zero-order chi connectivity index (χ0) is 14.8. The molecule has 0 aliphatic carbocycles. The van der Waals surface area contributed by atoms with Crippen molar-refractivity contribution in [3.05, 3.63) is 29.5 Å². The van der Waals surface area contributed by atoms with Crippen LogP contribution in [-0.2, 0) is 13.0 Å². The molecule has 0 fully saturated rings. The molecule has 1 aromatic heterocycles. The lowest BCUT2D eigenvalue weighted by Gasteiger charge is -2.22. The number of methoxy groups -OCH3 is 1. The Bertz CT molecular complexity index is 636. The highest BCUT2D eigenvalue weighted by atomic mass is 16.5. The molecule has 1 aliphatic heterocycles. The maximum atomic E-state index is 5.57. The van der Waals surface area contributed by atoms with Gasteiger partial charge >= 0.3 is 0 Å². The van der Waals surface area contributed by atoms with Crippen molar-refractivity contribution in [2.45, 2.75) is 19.9 Å². The fraction of sp³-hybridized carbons (Fsp3) is 0.438. The van der Waals surface area contributed by atoms with Crippen molar-refractivity contribution >= 4 is 0 Å². The van der Waals surface area contributed by atoms with Gasteiger partial charge in [0.1, 0.15) is 0 Å². The molecule has 2 heterocycles. The van der Waals surface area contributed by atoms with Gasteiger partial charge in [0.15, 0.2) is 11.5 Å². The molecule has 0 spiro atoms. The number of hydrogen-bond acceptors (Lipinski definition) is 4. The van der Waals surface area contributed by atoms with E-state index in [9.17, 15) is 0 Å². The number of aromatic nitrogens is 2. The van der Waals surface area contributed by atoms with Gasteiger partial charge in [-0.25, -0.2) is 0 Å². The van der Waals surface area contributed by atoms with E-state index in [1.807, 2.05) is 25.1 Å². The molecule has 1 aliphatic rings. The number of ether oxygens (including phenoxy) is 2. The van der Waals surface area contributed by atoms with Gasteiger partial charge in [0, 0.05) is 36.3 Å². The molecule has 3 rings (SSSR count). The van der Waals surface area contributed by atoms with Crippen LogP contribution in [0.4, 0.5) is 0 Å². The van der Waals surface area contributed by atoms with E-state index in [2.05, 4.69) is 22.1 Å². The third kappa shape index (κ3) is 2.61. The summed E-state index contributed by atoms with van der Waals surface area (Å²) in [5, 5.41) is 7.68. The van der Waals surface area contributed by atoms with E-state index in [0.29, 0.717) is 6.61 Å². The molecule has 1 aromatic carbocycles. The highest BCUT2D eigenvalue weighted by Gasteiger charge is 2.21. The lowest BCUT2D eigenvalue weighted by molar-refractivity contribution is 0.310. The van der Waals surface area contributed by atoms with Crippen LogP contribution in [0, 0.1) is 0 Å². The van der Waals surface area contributed by atoms with E-state index in [-0.39, 0.29) is 0 Å². The summed E-state index contributed by atoms with van der Waals surface area (Å²) in [7, 11) is 3.80.